The molecule has 1 amide bonds. The van der Waals surface area contributed by atoms with E-state index >= 15 is 0 Å². The first-order valence-electron chi connectivity index (χ1n) is 8.36. The lowest BCUT2D eigenvalue weighted by molar-refractivity contribution is -0.143. The van der Waals surface area contributed by atoms with Crippen LogP contribution in [-0.2, 0) is 14.3 Å². The van der Waals surface area contributed by atoms with E-state index in [0.717, 1.165) is 11.1 Å². The van der Waals surface area contributed by atoms with E-state index in [-0.39, 0.29) is 17.9 Å². The number of rotatable bonds is 7. The number of ether oxygens (including phenoxy) is 2. The van der Waals surface area contributed by atoms with E-state index in [4.69, 9.17) is 14.7 Å². The Balaban J connectivity index is 2.09. The summed E-state index contributed by atoms with van der Waals surface area (Å²) in [4.78, 5) is 23.1. The number of esters is 1. The highest BCUT2D eigenvalue weighted by atomic mass is 16.5. The average molecular weight is 342 g/mol. The monoisotopic (exact) mass is 342 g/mol. The van der Waals surface area contributed by atoms with Crippen LogP contribution in [0.25, 0.3) is 5.57 Å². The van der Waals surface area contributed by atoms with Gasteiger partial charge in [-0.15, -0.1) is 0 Å². The Labute approximate surface area is 147 Å². The fraction of sp³-hybridized carbons (Fsp3) is 0.421. The number of nitrogens with zero attached hydrogens (tertiary/aromatic N) is 1. The molecular formula is C19H22N2O4. The van der Waals surface area contributed by atoms with Crippen LogP contribution in [-0.4, -0.2) is 31.1 Å². The van der Waals surface area contributed by atoms with Crippen LogP contribution in [0.1, 0.15) is 32.3 Å². The molecule has 0 spiro atoms. The Morgan fingerprint density at radius 3 is 2.84 bits per heavy atom. The van der Waals surface area contributed by atoms with Crippen molar-refractivity contribution in [1.82, 2.24) is 5.32 Å². The van der Waals surface area contributed by atoms with Gasteiger partial charge in [0.05, 0.1) is 25.3 Å². The Bertz CT molecular complexity index is 706. The second kappa shape index (κ2) is 8.88. The van der Waals surface area contributed by atoms with Crippen molar-refractivity contribution in [2.75, 3.05) is 13.2 Å². The summed E-state index contributed by atoms with van der Waals surface area (Å²) in [5.74, 6) is -0.658. The van der Waals surface area contributed by atoms with Crippen molar-refractivity contribution in [3.8, 4) is 11.8 Å². The molecule has 1 aliphatic rings. The highest BCUT2D eigenvalue weighted by Gasteiger charge is 2.28. The number of para-hydroxylation sites is 1. The van der Waals surface area contributed by atoms with Gasteiger partial charge in [-0.25, -0.2) is 0 Å². The molecule has 132 valence electrons. The number of carbonyl (C=O) groups is 2. The molecule has 1 aliphatic heterocycles. The number of amides is 1. The second-order valence-electron chi connectivity index (χ2n) is 5.71. The molecule has 6 heteroatoms. The maximum atomic E-state index is 11.8. The van der Waals surface area contributed by atoms with Crippen molar-refractivity contribution in [1.29, 1.82) is 5.26 Å². The molecule has 2 atom stereocenters. The third-order valence-corrected chi connectivity index (χ3v) is 3.88. The van der Waals surface area contributed by atoms with Crippen molar-refractivity contribution in [3.63, 3.8) is 0 Å². The van der Waals surface area contributed by atoms with Gasteiger partial charge < -0.3 is 14.8 Å². The number of hydrogen-bond donors (Lipinski definition) is 1. The van der Waals surface area contributed by atoms with Crippen LogP contribution in [0.15, 0.2) is 30.3 Å². The van der Waals surface area contributed by atoms with Crippen molar-refractivity contribution in [3.05, 3.63) is 35.9 Å². The fourth-order valence-electron chi connectivity index (χ4n) is 2.66. The Hall–Kier alpha value is -2.81. The molecule has 0 saturated carbocycles. The smallest absolute Gasteiger partial charge is 0.305 e. The van der Waals surface area contributed by atoms with Crippen molar-refractivity contribution in [2.45, 2.75) is 32.7 Å². The number of carbonyl (C=O) groups excluding carboxylic acids is 2. The summed E-state index contributed by atoms with van der Waals surface area (Å²) in [5, 5.41) is 11.9. The molecule has 0 fully saturated rings. The predicted molar refractivity (Wildman–Crippen MR) is 92.5 cm³/mol. The average Bonchev–Trinajstić information content (AvgIpc) is 2.60. The SMILES string of the molecule is CCOC(=O)CCCOc1ccccc1C1=CC(C#N)C(=O)NC1C. The summed E-state index contributed by atoms with van der Waals surface area (Å²) in [6.07, 6.45) is 2.55. The molecule has 0 bridgehead atoms. The summed E-state index contributed by atoms with van der Waals surface area (Å²) in [6, 6.07) is 9.26. The van der Waals surface area contributed by atoms with Crippen molar-refractivity contribution >= 4 is 17.4 Å². The van der Waals surface area contributed by atoms with E-state index in [2.05, 4.69) is 5.32 Å². The van der Waals surface area contributed by atoms with Gasteiger partial charge in [-0.05, 0) is 31.9 Å². The van der Waals surface area contributed by atoms with Crippen LogP contribution in [0, 0.1) is 17.2 Å². The first-order valence-corrected chi connectivity index (χ1v) is 8.36. The van der Waals surface area contributed by atoms with E-state index in [1.54, 1.807) is 13.0 Å². The quantitative estimate of drug-likeness (QED) is 0.607. The van der Waals surface area contributed by atoms with E-state index in [9.17, 15) is 9.59 Å². The van der Waals surface area contributed by atoms with E-state index in [1.165, 1.54) is 0 Å². The lowest BCUT2D eigenvalue weighted by Gasteiger charge is -2.26. The summed E-state index contributed by atoms with van der Waals surface area (Å²) in [6.45, 7) is 4.40. The molecule has 2 unspecified atom stereocenters. The van der Waals surface area contributed by atoms with E-state index in [1.807, 2.05) is 37.3 Å². The number of benzene rings is 1. The molecule has 0 radical (unpaired) electrons. The van der Waals surface area contributed by atoms with Crippen LogP contribution in [0.3, 0.4) is 0 Å². The lowest BCUT2D eigenvalue weighted by atomic mass is 9.90. The topological polar surface area (TPSA) is 88.4 Å². The van der Waals surface area contributed by atoms with Gasteiger partial charge in [-0.1, -0.05) is 24.3 Å². The summed E-state index contributed by atoms with van der Waals surface area (Å²) >= 11 is 0. The molecule has 0 aliphatic carbocycles. The molecule has 6 nitrogen and oxygen atoms in total. The van der Waals surface area contributed by atoms with Crippen LogP contribution in [0.5, 0.6) is 5.75 Å². The third kappa shape index (κ3) is 4.83. The minimum absolute atomic E-state index is 0.207. The third-order valence-electron chi connectivity index (χ3n) is 3.88. The zero-order valence-corrected chi connectivity index (χ0v) is 14.5. The number of nitriles is 1. The Morgan fingerprint density at radius 2 is 2.12 bits per heavy atom. The van der Waals surface area contributed by atoms with Crippen LogP contribution in [0.2, 0.25) is 0 Å². The predicted octanol–water partition coefficient (Wildman–Crippen LogP) is 2.45. The molecule has 1 aromatic rings. The summed E-state index contributed by atoms with van der Waals surface area (Å²) in [7, 11) is 0. The normalized spacial score (nSPS) is 19.4. The molecule has 0 saturated heterocycles. The minimum atomic E-state index is -0.803. The zero-order chi connectivity index (χ0) is 18.2. The number of nitrogens with one attached hydrogen (secondary N) is 1. The zero-order valence-electron chi connectivity index (χ0n) is 14.5. The second-order valence-corrected chi connectivity index (χ2v) is 5.71. The van der Waals surface area contributed by atoms with Gasteiger partial charge in [0.2, 0.25) is 5.91 Å². The highest BCUT2D eigenvalue weighted by Crippen LogP contribution is 2.31. The molecule has 2 rings (SSSR count). The Kier molecular flexibility index (Phi) is 6.58. The molecule has 1 N–H and O–H groups in total. The van der Waals surface area contributed by atoms with Gasteiger partial charge >= 0.3 is 5.97 Å². The molecule has 25 heavy (non-hydrogen) atoms. The molecular weight excluding hydrogens is 320 g/mol. The van der Waals surface area contributed by atoms with Crippen molar-refractivity contribution in [2.24, 2.45) is 5.92 Å². The van der Waals surface area contributed by atoms with Gasteiger partial charge in [-0.2, -0.15) is 5.26 Å². The molecule has 0 aromatic heterocycles. The minimum Gasteiger partial charge on any atom is -0.493 e. The highest BCUT2D eigenvalue weighted by molar-refractivity contribution is 5.91. The van der Waals surface area contributed by atoms with E-state index in [0.29, 0.717) is 31.8 Å². The first-order chi connectivity index (χ1) is 12.1. The van der Waals surface area contributed by atoms with Crippen LogP contribution < -0.4 is 10.1 Å². The summed E-state index contributed by atoms with van der Waals surface area (Å²) < 4.78 is 10.7. The van der Waals surface area contributed by atoms with Gasteiger partial charge in [0.1, 0.15) is 11.7 Å². The maximum Gasteiger partial charge on any atom is 0.305 e. The molecule has 1 heterocycles. The Morgan fingerprint density at radius 1 is 1.36 bits per heavy atom. The fourth-order valence-corrected chi connectivity index (χ4v) is 2.66. The standard InChI is InChI=1S/C19H22N2O4/c1-3-24-18(22)9-6-10-25-17-8-5-4-7-15(17)16-11-14(12-20)19(23)21-13(16)2/h4-5,7-8,11,13-14H,3,6,9-10H2,1-2H3,(H,21,23). The van der Waals surface area contributed by atoms with Gasteiger partial charge in [0.25, 0.3) is 0 Å². The van der Waals surface area contributed by atoms with Crippen molar-refractivity contribution < 1.29 is 19.1 Å². The van der Waals surface area contributed by atoms with Gasteiger partial charge in [0, 0.05) is 12.0 Å². The van der Waals surface area contributed by atoms with Crippen LogP contribution in [0.4, 0.5) is 0 Å². The van der Waals surface area contributed by atoms with Gasteiger partial charge in [0.15, 0.2) is 0 Å². The van der Waals surface area contributed by atoms with E-state index < -0.39 is 5.92 Å². The largest absolute Gasteiger partial charge is 0.493 e. The van der Waals surface area contributed by atoms with Gasteiger partial charge in [-0.3, -0.25) is 9.59 Å². The first kappa shape index (κ1) is 18.5. The lowest BCUT2D eigenvalue weighted by Crippen LogP contribution is -2.41. The maximum absolute atomic E-state index is 11.8. The van der Waals surface area contributed by atoms with Crippen LogP contribution >= 0.6 is 0 Å². The molecule has 1 aromatic carbocycles. The number of hydrogen-bond acceptors (Lipinski definition) is 5. The summed E-state index contributed by atoms with van der Waals surface area (Å²) in [5.41, 5.74) is 1.69.